The largest absolute Gasteiger partial charge is 0.306 e. The van der Waals surface area contributed by atoms with Crippen LogP contribution in [-0.2, 0) is 0 Å². The molecule has 0 saturated carbocycles. The summed E-state index contributed by atoms with van der Waals surface area (Å²) >= 11 is 0. The molecule has 0 N–H and O–H groups in total. The van der Waals surface area contributed by atoms with E-state index in [1.54, 1.807) is 36.9 Å². The van der Waals surface area contributed by atoms with Gasteiger partial charge in [0.15, 0.2) is 0 Å². The number of benzene rings is 4. The molecule has 0 aliphatic carbocycles. The van der Waals surface area contributed by atoms with Crippen LogP contribution in [0.4, 0.5) is 0 Å². The van der Waals surface area contributed by atoms with Gasteiger partial charge in [0.2, 0.25) is 0 Å². The summed E-state index contributed by atoms with van der Waals surface area (Å²) in [6, 6.07) is 18.7. The van der Waals surface area contributed by atoms with Gasteiger partial charge in [-0.2, -0.15) is 0 Å². The van der Waals surface area contributed by atoms with Crippen molar-refractivity contribution < 1.29 is 19.2 Å². The number of imide groups is 2. The number of rotatable bonds is 13. The molecular formula is C42H42N8O4. The summed E-state index contributed by atoms with van der Waals surface area (Å²) in [5.74, 6) is -0.00802. The third kappa shape index (κ3) is 5.97. The zero-order valence-corrected chi connectivity index (χ0v) is 30.9. The van der Waals surface area contributed by atoms with Crippen LogP contribution in [0.25, 0.3) is 32.9 Å². The molecule has 54 heavy (non-hydrogen) atoms. The van der Waals surface area contributed by atoms with Gasteiger partial charge in [-0.05, 0) is 70.0 Å². The lowest BCUT2D eigenvalue weighted by molar-refractivity contribution is 0.0585. The van der Waals surface area contributed by atoms with E-state index in [0.717, 1.165) is 47.5 Å². The van der Waals surface area contributed by atoms with Crippen molar-refractivity contribution in [1.82, 2.24) is 38.7 Å². The van der Waals surface area contributed by atoms with Gasteiger partial charge in [-0.15, -0.1) is 0 Å². The molecule has 8 rings (SSSR count). The molecule has 0 radical (unpaired) electrons. The number of carbonyl (C=O) groups excluding carboxylic acids is 4. The lowest BCUT2D eigenvalue weighted by atomic mass is 9.93. The van der Waals surface area contributed by atoms with E-state index in [2.05, 4.69) is 33.6 Å². The minimum atomic E-state index is -0.284. The Morgan fingerprint density at radius 2 is 1.13 bits per heavy atom. The molecule has 0 saturated heterocycles. The summed E-state index contributed by atoms with van der Waals surface area (Å²) in [6.07, 6.45) is 9.76. The normalized spacial score (nSPS) is 14.3. The van der Waals surface area contributed by atoms with Crippen LogP contribution in [0, 0.1) is 0 Å². The predicted molar refractivity (Wildman–Crippen MR) is 207 cm³/mol. The highest BCUT2D eigenvalue weighted by Gasteiger charge is 2.35. The molecule has 0 fully saturated rings. The van der Waals surface area contributed by atoms with Crippen molar-refractivity contribution in [3.8, 4) is 11.4 Å². The first-order valence-electron chi connectivity index (χ1n) is 18.4. The molecule has 4 amide bonds. The highest BCUT2D eigenvalue weighted by molar-refractivity contribution is 6.27. The van der Waals surface area contributed by atoms with Gasteiger partial charge in [-0.1, -0.05) is 38.1 Å². The average Bonchev–Trinajstić information content (AvgIpc) is 3.89. The van der Waals surface area contributed by atoms with Crippen LogP contribution in [0.5, 0.6) is 0 Å². The van der Waals surface area contributed by atoms with E-state index in [1.165, 1.54) is 9.80 Å². The molecule has 12 nitrogen and oxygen atoms in total. The summed E-state index contributed by atoms with van der Waals surface area (Å²) in [7, 11) is 3.97. The van der Waals surface area contributed by atoms with Crippen molar-refractivity contribution in [3.05, 3.63) is 120 Å². The summed E-state index contributed by atoms with van der Waals surface area (Å²) in [5.41, 5.74) is 3.88. The topological polar surface area (TPSA) is 117 Å². The number of hydrogen-bond acceptors (Lipinski definition) is 8. The molecule has 2 aliphatic heterocycles. The minimum absolute atomic E-state index is 0.205. The Bertz CT molecular complexity index is 2410. The maximum atomic E-state index is 13.7. The Hall–Kier alpha value is -5.98. The van der Waals surface area contributed by atoms with Crippen molar-refractivity contribution in [1.29, 1.82) is 0 Å². The Morgan fingerprint density at radius 3 is 1.65 bits per heavy atom. The number of nitrogens with zero attached hydrogens (tertiary/aromatic N) is 8. The summed E-state index contributed by atoms with van der Waals surface area (Å²) in [4.78, 5) is 70.3. The standard InChI is InChI=1S/C42H42N8O4/c1-27(2)38-44-17-21-48(38)35-15-13-33-37-29(35)9-6-11-31(37)40(52)50(42(33)54)25-23-46(4)19-7-18-45(3)22-24-49-39(51)30-10-5-8-28-34(47-20-16-43-26-47)14-12-32(36(28)30)41(49)53/h5-6,8-17,20-21,26-27H,7,18-19,22-25H2,1-4H3. The van der Waals surface area contributed by atoms with E-state index in [4.69, 9.17) is 0 Å². The number of aromatic nitrogens is 4. The first kappa shape index (κ1) is 35.1. The SMILES string of the molecule is CC(C)c1nccn1-c1ccc2c3c(cccc13)C(=O)N(CCN(C)CCCN(C)CCN1C(=O)c3cccc4c(-n5ccnc5)ccc(c34)C1=O)C2=O. The second-order valence-corrected chi connectivity index (χ2v) is 14.5. The van der Waals surface area contributed by atoms with E-state index < -0.39 is 0 Å². The Kier molecular flexibility index (Phi) is 9.16. The van der Waals surface area contributed by atoms with E-state index in [-0.39, 0.29) is 42.6 Å². The fraction of sp³-hybridized carbons (Fsp3) is 0.286. The number of carbonyl (C=O) groups is 4. The third-order valence-corrected chi connectivity index (χ3v) is 10.7. The summed E-state index contributed by atoms with van der Waals surface area (Å²) < 4.78 is 3.91. The molecule has 6 aromatic rings. The molecule has 4 heterocycles. The van der Waals surface area contributed by atoms with Crippen LogP contribution in [0.2, 0.25) is 0 Å². The lowest BCUT2D eigenvalue weighted by Crippen LogP contribution is -2.45. The van der Waals surface area contributed by atoms with Crippen molar-refractivity contribution in [3.63, 3.8) is 0 Å². The first-order chi connectivity index (χ1) is 26.1. The Morgan fingerprint density at radius 1 is 0.611 bits per heavy atom. The molecule has 2 aromatic heterocycles. The molecule has 2 aliphatic rings. The van der Waals surface area contributed by atoms with Gasteiger partial charge in [0.1, 0.15) is 5.82 Å². The predicted octanol–water partition coefficient (Wildman–Crippen LogP) is 5.63. The van der Waals surface area contributed by atoms with Gasteiger partial charge >= 0.3 is 0 Å². The van der Waals surface area contributed by atoms with Crippen molar-refractivity contribution in [2.24, 2.45) is 0 Å². The second-order valence-electron chi connectivity index (χ2n) is 14.5. The van der Waals surface area contributed by atoms with Crippen LogP contribution >= 0.6 is 0 Å². The molecule has 274 valence electrons. The fourth-order valence-corrected chi connectivity index (χ4v) is 7.83. The smallest absolute Gasteiger partial charge is 0.261 e. The maximum Gasteiger partial charge on any atom is 0.261 e. The molecule has 12 heteroatoms. The van der Waals surface area contributed by atoms with E-state index >= 15 is 0 Å². The molecule has 0 atom stereocenters. The second kappa shape index (κ2) is 14.1. The van der Waals surface area contributed by atoms with Crippen molar-refractivity contribution in [2.45, 2.75) is 26.2 Å². The molecule has 0 unspecified atom stereocenters. The van der Waals surface area contributed by atoms with Crippen molar-refractivity contribution in [2.75, 3.05) is 53.4 Å². The number of amides is 4. The van der Waals surface area contributed by atoms with Crippen LogP contribution in [0.15, 0.2) is 91.8 Å². The lowest BCUT2D eigenvalue weighted by Gasteiger charge is -2.30. The van der Waals surface area contributed by atoms with Gasteiger partial charge in [-0.25, -0.2) is 9.97 Å². The zero-order valence-electron chi connectivity index (χ0n) is 30.9. The van der Waals surface area contributed by atoms with Crippen LogP contribution in [0.3, 0.4) is 0 Å². The molecule has 4 aromatic carbocycles. The van der Waals surface area contributed by atoms with E-state index in [0.29, 0.717) is 46.1 Å². The quantitative estimate of drug-likeness (QED) is 0.141. The van der Waals surface area contributed by atoms with Gasteiger partial charge in [0.05, 0.1) is 17.7 Å². The summed E-state index contributed by atoms with van der Waals surface area (Å²) in [5, 5.41) is 3.06. The van der Waals surface area contributed by atoms with Gasteiger partial charge in [-0.3, -0.25) is 29.0 Å². The molecular weight excluding hydrogens is 681 g/mol. The number of likely N-dealkylation sites (N-methyl/N-ethyl adjacent to an activating group) is 2. The van der Waals surface area contributed by atoms with Gasteiger partial charge in [0.25, 0.3) is 23.6 Å². The van der Waals surface area contributed by atoms with Gasteiger partial charge < -0.3 is 18.9 Å². The number of imidazole rings is 2. The van der Waals surface area contributed by atoms with Gasteiger partial charge in [0, 0.05) is 101 Å². The first-order valence-corrected chi connectivity index (χ1v) is 18.4. The van der Waals surface area contributed by atoms with Crippen LogP contribution in [0.1, 0.15) is 73.4 Å². The highest BCUT2D eigenvalue weighted by Crippen LogP contribution is 2.36. The molecule has 0 spiro atoms. The van der Waals surface area contributed by atoms with Crippen LogP contribution in [-0.4, -0.2) is 116 Å². The average molecular weight is 723 g/mol. The molecule has 0 bridgehead atoms. The highest BCUT2D eigenvalue weighted by atomic mass is 16.2. The number of hydrogen-bond donors (Lipinski definition) is 0. The van der Waals surface area contributed by atoms with Crippen molar-refractivity contribution >= 4 is 45.2 Å². The maximum absolute atomic E-state index is 13.7. The van der Waals surface area contributed by atoms with E-state index in [9.17, 15) is 19.2 Å². The monoisotopic (exact) mass is 722 g/mol. The Labute approximate surface area is 313 Å². The zero-order chi connectivity index (χ0) is 37.7. The fourth-order valence-electron chi connectivity index (χ4n) is 7.83. The summed E-state index contributed by atoms with van der Waals surface area (Å²) in [6.45, 7) is 7.28. The third-order valence-electron chi connectivity index (χ3n) is 10.7. The van der Waals surface area contributed by atoms with E-state index in [1.807, 2.05) is 78.1 Å². The Balaban J connectivity index is 0.857. The minimum Gasteiger partial charge on any atom is -0.306 e. The van der Waals surface area contributed by atoms with Crippen LogP contribution < -0.4 is 0 Å².